The van der Waals surface area contributed by atoms with Gasteiger partial charge in [-0.25, -0.2) is 14.2 Å². The van der Waals surface area contributed by atoms with E-state index in [0.717, 1.165) is 11.1 Å². The molecule has 1 aliphatic heterocycles. The maximum Gasteiger partial charge on any atom is 0.407 e. The number of carbonyl (C=O) groups excluding carboxylic acids is 1. The van der Waals surface area contributed by atoms with E-state index in [1.54, 1.807) is 6.07 Å². The highest BCUT2D eigenvalue weighted by atomic mass is 127. The minimum absolute atomic E-state index is 0.0113. The van der Waals surface area contributed by atoms with Gasteiger partial charge in [0.25, 0.3) is 0 Å². The van der Waals surface area contributed by atoms with Crippen molar-refractivity contribution in [1.29, 1.82) is 5.26 Å². The highest BCUT2D eigenvalue weighted by Crippen LogP contribution is 2.45. The number of alkyl carbamates (subject to hydrolysis) is 1. The van der Waals surface area contributed by atoms with Crippen molar-refractivity contribution in [2.24, 2.45) is 0 Å². The number of ether oxygens (including phenoxy) is 2. The second kappa shape index (κ2) is 14.0. The maximum absolute atomic E-state index is 14.9. The summed E-state index contributed by atoms with van der Waals surface area (Å²) in [6.07, 6.45) is 0.858. The number of pyridine rings is 1. The maximum atomic E-state index is 14.9. The zero-order valence-corrected chi connectivity index (χ0v) is 28.4. The van der Waals surface area contributed by atoms with E-state index in [4.69, 9.17) is 14.5 Å². The molecule has 0 atom stereocenters. The largest absolute Gasteiger partial charge is 0.506 e. The third kappa shape index (κ3) is 7.70. The van der Waals surface area contributed by atoms with Crippen LogP contribution < -0.4 is 15.0 Å². The quantitative estimate of drug-likeness (QED) is 0.185. The van der Waals surface area contributed by atoms with Crippen LogP contribution in [-0.4, -0.2) is 40.9 Å². The predicted molar refractivity (Wildman–Crippen MR) is 184 cm³/mol. The molecule has 0 spiro atoms. The molecule has 1 fully saturated rings. The normalized spacial score (nSPS) is 13.6. The van der Waals surface area contributed by atoms with E-state index in [1.807, 2.05) is 82.3 Å². The fraction of sp³-hybridized carbons (Fsp3) is 0.306. The van der Waals surface area contributed by atoms with Gasteiger partial charge in [-0.15, -0.1) is 0 Å². The summed E-state index contributed by atoms with van der Waals surface area (Å²) < 4.78 is 27.1. The average molecular weight is 735 g/mol. The molecule has 0 unspecified atom stereocenters. The first-order valence-corrected chi connectivity index (χ1v) is 16.2. The van der Waals surface area contributed by atoms with Crippen molar-refractivity contribution in [2.75, 3.05) is 18.0 Å². The fourth-order valence-corrected chi connectivity index (χ4v) is 6.07. The van der Waals surface area contributed by atoms with Crippen LogP contribution in [0.2, 0.25) is 0 Å². The van der Waals surface area contributed by atoms with Gasteiger partial charge in [0.15, 0.2) is 0 Å². The Labute approximate surface area is 282 Å². The molecule has 5 rings (SSSR count). The Morgan fingerprint density at radius 2 is 1.80 bits per heavy atom. The smallest absolute Gasteiger partial charge is 0.407 e. The van der Waals surface area contributed by atoms with Gasteiger partial charge in [-0.2, -0.15) is 5.26 Å². The van der Waals surface area contributed by atoms with E-state index in [2.05, 4.69) is 32.8 Å². The Balaban J connectivity index is 1.50. The first-order valence-electron chi connectivity index (χ1n) is 15.1. The topological polar surface area (TPSA) is 108 Å². The molecule has 1 aromatic heterocycles. The van der Waals surface area contributed by atoms with Gasteiger partial charge in [0.2, 0.25) is 0 Å². The van der Waals surface area contributed by atoms with Gasteiger partial charge in [-0.1, -0.05) is 48.5 Å². The number of amides is 1. The van der Waals surface area contributed by atoms with Gasteiger partial charge in [-0.3, -0.25) is 0 Å². The zero-order chi connectivity index (χ0) is 33.0. The molecule has 0 saturated carbocycles. The number of hydrogen-bond acceptors (Lipinski definition) is 7. The number of rotatable bonds is 7. The van der Waals surface area contributed by atoms with Crippen molar-refractivity contribution in [3.8, 4) is 40.0 Å². The van der Waals surface area contributed by atoms with Crippen molar-refractivity contribution in [2.45, 2.75) is 58.8 Å². The van der Waals surface area contributed by atoms with Crippen LogP contribution in [0.3, 0.4) is 0 Å². The van der Waals surface area contributed by atoms with Crippen molar-refractivity contribution >= 4 is 34.5 Å². The van der Waals surface area contributed by atoms with Gasteiger partial charge in [0.1, 0.15) is 41.4 Å². The van der Waals surface area contributed by atoms with Crippen molar-refractivity contribution in [1.82, 2.24) is 10.3 Å². The van der Waals surface area contributed by atoms with Gasteiger partial charge in [0.05, 0.1) is 20.4 Å². The number of benzene rings is 3. The van der Waals surface area contributed by atoms with Crippen LogP contribution in [0.15, 0.2) is 66.7 Å². The first-order chi connectivity index (χ1) is 21.9. The lowest BCUT2D eigenvalue weighted by atomic mass is 9.96. The minimum atomic E-state index is -0.669. The molecule has 2 N–H and O–H groups in total. The summed E-state index contributed by atoms with van der Waals surface area (Å²) >= 11 is 2.10. The molecule has 46 heavy (non-hydrogen) atoms. The number of aromatic nitrogens is 1. The van der Waals surface area contributed by atoms with Crippen molar-refractivity contribution in [3.63, 3.8) is 0 Å². The number of carbonyl (C=O) groups is 1. The van der Waals surface area contributed by atoms with E-state index < -0.39 is 17.5 Å². The van der Waals surface area contributed by atoms with Crippen LogP contribution in [0.4, 0.5) is 15.0 Å². The summed E-state index contributed by atoms with van der Waals surface area (Å²) in [5.74, 6) is 0.552. The molecule has 3 aromatic carbocycles. The standard InChI is InChI=1S/C36H36FIN4O4/c1-22-10-11-24(19-29(22)45-21-23-8-6-5-7-9-23)30-32(25-12-13-26(20-39)28(37)18-25)41-34(31(38)33(30)43)42-16-14-27(15-17-42)40-35(44)46-36(2,3)4/h5-13,18-19,27H,14-17,21H2,1-4H3,(H,40,44)(H,41,43). The number of piperidine rings is 1. The highest BCUT2D eigenvalue weighted by Gasteiger charge is 2.29. The van der Waals surface area contributed by atoms with Crippen molar-refractivity contribution < 1.29 is 23.8 Å². The molecule has 0 bridgehead atoms. The van der Waals surface area contributed by atoms with Crippen LogP contribution in [-0.2, 0) is 11.3 Å². The van der Waals surface area contributed by atoms with E-state index in [1.165, 1.54) is 12.1 Å². The van der Waals surface area contributed by atoms with Crippen LogP contribution in [0.1, 0.15) is 50.3 Å². The Hall–Kier alpha value is -4.37. The third-order valence-corrected chi connectivity index (χ3v) is 8.68. The van der Waals surface area contributed by atoms with Crippen LogP contribution in [0, 0.1) is 27.6 Å². The fourth-order valence-electron chi connectivity index (χ4n) is 5.34. The summed E-state index contributed by atoms with van der Waals surface area (Å²) in [5, 5.41) is 24.1. The molecule has 8 nitrogen and oxygen atoms in total. The first kappa shape index (κ1) is 33.0. The number of aromatic hydroxyl groups is 1. The molecule has 4 aromatic rings. The predicted octanol–water partition coefficient (Wildman–Crippen LogP) is 8.12. The number of nitrogens with one attached hydrogen (secondary N) is 1. The molecular formula is C36H36FIN4O4. The second-order valence-electron chi connectivity index (χ2n) is 12.3. The molecule has 238 valence electrons. The number of halogens is 2. The average Bonchev–Trinajstić information content (AvgIpc) is 3.02. The van der Waals surface area contributed by atoms with E-state index >= 15 is 0 Å². The van der Waals surface area contributed by atoms with Gasteiger partial charge in [0, 0.05) is 24.7 Å². The molecule has 1 aliphatic rings. The lowest BCUT2D eigenvalue weighted by Crippen LogP contribution is -2.46. The van der Waals surface area contributed by atoms with Gasteiger partial charge >= 0.3 is 6.09 Å². The van der Waals surface area contributed by atoms with E-state index in [-0.39, 0.29) is 17.4 Å². The highest BCUT2D eigenvalue weighted by molar-refractivity contribution is 14.1. The monoisotopic (exact) mass is 734 g/mol. The summed E-state index contributed by atoms with van der Waals surface area (Å²) in [4.78, 5) is 19.4. The number of nitriles is 1. The Morgan fingerprint density at radius 1 is 1.11 bits per heavy atom. The Kier molecular flexibility index (Phi) is 10.0. The minimum Gasteiger partial charge on any atom is -0.506 e. The Morgan fingerprint density at radius 3 is 2.46 bits per heavy atom. The summed E-state index contributed by atoms with van der Waals surface area (Å²) in [5.41, 5.74) is 3.17. The molecule has 10 heteroatoms. The number of hydrogen-bond donors (Lipinski definition) is 2. The summed E-state index contributed by atoms with van der Waals surface area (Å²) in [7, 11) is 0. The van der Waals surface area contributed by atoms with Crippen molar-refractivity contribution in [3.05, 3.63) is 92.8 Å². The molecule has 1 amide bonds. The summed E-state index contributed by atoms with van der Waals surface area (Å²) in [6.45, 7) is 8.95. The summed E-state index contributed by atoms with van der Waals surface area (Å²) in [6, 6.07) is 21.6. The van der Waals surface area contributed by atoms with E-state index in [9.17, 15) is 19.6 Å². The lowest BCUT2D eigenvalue weighted by molar-refractivity contribution is 0.0497. The molecule has 1 saturated heterocycles. The zero-order valence-electron chi connectivity index (χ0n) is 26.2. The third-order valence-electron chi connectivity index (χ3n) is 7.69. The van der Waals surface area contributed by atoms with Crippen LogP contribution in [0.5, 0.6) is 11.5 Å². The molecule has 0 radical (unpaired) electrons. The molecular weight excluding hydrogens is 698 g/mol. The number of nitrogens with zero attached hydrogens (tertiary/aromatic N) is 3. The SMILES string of the molecule is Cc1ccc(-c2c(-c3ccc(C#N)c(F)c3)nc(N3CCC(NC(=O)OC(C)(C)C)CC3)c(I)c2O)cc1OCc1ccccc1. The lowest BCUT2D eigenvalue weighted by Gasteiger charge is -2.34. The van der Waals surface area contributed by atoms with Gasteiger partial charge < -0.3 is 24.8 Å². The number of anilines is 1. The van der Waals surface area contributed by atoms with Gasteiger partial charge in [-0.05, 0) is 98.0 Å². The van der Waals surface area contributed by atoms with E-state index in [0.29, 0.717) is 70.1 Å². The van der Waals surface area contributed by atoms with Crippen LogP contribution in [0.25, 0.3) is 22.4 Å². The second-order valence-corrected chi connectivity index (χ2v) is 13.4. The number of aryl methyl sites for hydroxylation is 1. The van der Waals surface area contributed by atoms with Crippen LogP contribution >= 0.6 is 22.6 Å². The molecule has 0 aliphatic carbocycles. The molecule has 2 heterocycles. The Bertz CT molecular complexity index is 1780.